The van der Waals surface area contributed by atoms with Crippen LogP contribution in [0.1, 0.15) is 246 Å². The van der Waals surface area contributed by atoms with Crippen molar-refractivity contribution in [3.8, 4) is 0 Å². The summed E-state index contributed by atoms with van der Waals surface area (Å²) in [6.07, 6.45) is 45.1. The van der Waals surface area contributed by atoms with Crippen molar-refractivity contribution < 1.29 is 0 Å². The SMILES string of the molecule is CCCCCCCCCCC(CCCCCCCC)CCn1c(=O)c2cc3sc4cc5c(=S)n(CCC(CCCCCCCC)CCCCCCCCCC)c(=S)c6ccc7c8ccc(c1=S)c2c8c3c4c7c65. The maximum absolute atomic E-state index is 15.0. The van der Waals surface area contributed by atoms with Crippen LogP contribution in [0, 0.1) is 25.8 Å². The van der Waals surface area contributed by atoms with Crippen molar-refractivity contribution in [2.45, 2.75) is 259 Å². The Bertz CT molecular complexity index is 2950. The molecule has 0 aliphatic rings. The predicted molar refractivity (Wildman–Crippen MR) is 333 cm³/mol. The van der Waals surface area contributed by atoms with Crippen molar-refractivity contribution in [3.05, 3.63) is 60.7 Å². The summed E-state index contributed by atoms with van der Waals surface area (Å²) < 4.78 is 9.23. The first-order chi connectivity index (χ1) is 35.8. The third kappa shape index (κ3) is 13.3. The second-order valence-corrected chi connectivity index (χ2v) is 25.2. The van der Waals surface area contributed by atoms with Crippen LogP contribution >= 0.6 is 48.0 Å². The standard InChI is InChI=1S/C66H92N2OS4/c1-5-9-13-17-21-23-27-31-34-47(33-29-25-19-15-11-7-3)41-43-67-63(69)53-45-55-61-59-49(37-39-51(57(53)59)64(67)70)50-38-40-52-58-54(46-56(73-55)62(61)60(50)58)66(72)68(65(52)71)44-42-48(35-30-26-20-16-12-8-4)36-32-28-24-22-18-14-10-6-2/h37-40,45-48H,5-36,41-44H2,1-4H3. The summed E-state index contributed by atoms with van der Waals surface area (Å²) in [5.41, 5.74) is 0.0867. The number of thiophene rings is 1. The lowest BCUT2D eigenvalue weighted by Gasteiger charge is -2.21. The number of rotatable bonds is 38. The molecular weight excluding hydrogens is 965 g/mol. The zero-order valence-electron chi connectivity index (χ0n) is 46.0. The topological polar surface area (TPSA) is 26.9 Å². The Balaban J connectivity index is 1.08. The minimum Gasteiger partial charge on any atom is -0.323 e. The molecule has 8 rings (SSSR count). The van der Waals surface area contributed by atoms with Gasteiger partial charge in [-0.05, 0) is 47.6 Å². The molecule has 3 aromatic heterocycles. The molecule has 5 aromatic carbocycles. The number of benzene rings is 5. The van der Waals surface area contributed by atoms with Crippen LogP contribution in [-0.4, -0.2) is 9.13 Å². The summed E-state index contributed by atoms with van der Waals surface area (Å²) in [5.74, 6) is 1.33. The fourth-order valence-electron chi connectivity index (χ4n) is 13.2. The van der Waals surface area contributed by atoms with Crippen molar-refractivity contribution in [2.75, 3.05) is 0 Å². The fraction of sp³-hybridized carbons (Fsp3) is 0.636. The Morgan fingerprint density at radius 2 is 0.671 bits per heavy atom. The predicted octanol–water partition coefficient (Wildman–Crippen LogP) is 23.3. The number of pyridine rings is 2. The van der Waals surface area contributed by atoms with E-state index in [1.54, 1.807) is 0 Å². The second-order valence-electron chi connectivity index (χ2n) is 23.0. The molecular formula is C66H92N2OS4. The van der Waals surface area contributed by atoms with Crippen LogP contribution in [0.4, 0.5) is 0 Å². The van der Waals surface area contributed by atoms with Crippen LogP contribution in [-0.2, 0) is 13.1 Å². The Kier molecular flexibility index (Phi) is 22.0. The highest BCUT2D eigenvalue weighted by Gasteiger charge is 2.26. The molecule has 0 saturated carbocycles. The van der Waals surface area contributed by atoms with Gasteiger partial charge in [0.2, 0.25) is 0 Å². The number of fused-ring (bicyclic) bond motifs is 1. The van der Waals surface area contributed by atoms with Crippen molar-refractivity contribution in [1.29, 1.82) is 0 Å². The average molecular weight is 1060 g/mol. The third-order valence-electron chi connectivity index (χ3n) is 17.5. The summed E-state index contributed by atoms with van der Waals surface area (Å²) in [6.45, 7) is 10.8. The van der Waals surface area contributed by atoms with Gasteiger partial charge >= 0.3 is 0 Å². The lowest BCUT2D eigenvalue weighted by atomic mass is 9.86. The second kappa shape index (κ2) is 28.5. The molecule has 396 valence electrons. The van der Waals surface area contributed by atoms with Gasteiger partial charge in [0.15, 0.2) is 0 Å². The first-order valence-corrected chi connectivity index (χ1v) is 32.5. The molecule has 0 radical (unpaired) electrons. The van der Waals surface area contributed by atoms with Gasteiger partial charge in [-0.2, -0.15) is 0 Å². The summed E-state index contributed by atoms with van der Waals surface area (Å²) in [4.78, 5) is 15.0. The van der Waals surface area contributed by atoms with Gasteiger partial charge in [-0.25, -0.2) is 0 Å². The van der Waals surface area contributed by atoms with E-state index < -0.39 is 0 Å². The minimum absolute atomic E-state index is 0.0867. The van der Waals surface area contributed by atoms with Crippen molar-refractivity contribution in [2.24, 2.45) is 11.8 Å². The van der Waals surface area contributed by atoms with Crippen LogP contribution in [0.2, 0.25) is 0 Å². The van der Waals surface area contributed by atoms with E-state index in [4.69, 9.17) is 36.7 Å². The smallest absolute Gasteiger partial charge is 0.259 e. The van der Waals surface area contributed by atoms with Gasteiger partial charge in [0.1, 0.15) is 13.9 Å². The maximum Gasteiger partial charge on any atom is 0.259 e. The van der Waals surface area contributed by atoms with E-state index in [2.05, 4.69) is 68.7 Å². The molecule has 2 unspecified atom stereocenters. The molecule has 2 atom stereocenters. The number of unbranched alkanes of at least 4 members (excludes halogenated alkanes) is 24. The highest BCUT2D eigenvalue weighted by atomic mass is 32.1. The number of aromatic nitrogens is 2. The third-order valence-corrected chi connectivity index (χ3v) is 19.9. The number of hydrogen-bond acceptors (Lipinski definition) is 5. The molecule has 3 heterocycles. The molecule has 0 amide bonds. The van der Waals surface area contributed by atoms with Gasteiger partial charge in [-0.3, -0.25) is 9.36 Å². The first-order valence-electron chi connectivity index (χ1n) is 30.5. The molecule has 0 saturated heterocycles. The van der Waals surface area contributed by atoms with E-state index in [9.17, 15) is 4.79 Å². The van der Waals surface area contributed by atoms with Crippen molar-refractivity contribution in [1.82, 2.24) is 9.13 Å². The summed E-state index contributed by atoms with van der Waals surface area (Å²) >= 11 is 21.2. The number of nitrogens with zero attached hydrogens (tertiary/aromatic N) is 2. The largest absolute Gasteiger partial charge is 0.323 e. The van der Waals surface area contributed by atoms with Crippen LogP contribution in [0.3, 0.4) is 0 Å². The lowest BCUT2D eigenvalue weighted by Crippen LogP contribution is -2.23. The Hall–Kier alpha value is -2.84. The van der Waals surface area contributed by atoms with Crippen LogP contribution < -0.4 is 5.56 Å². The first kappa shape index (κ1) is 56.4. The quantitative estimate of drug-likeness (QED) is 0.0167. The molecule has 0 spiro atoms. The van der Waals surface area contributed by atoms with E-state index >= 15 is 0 Å². The molecule has 73 heavy (non-hydrogen) atoms. The van der Waals surface area contributed by atoms with Gasteiger partial charge < -0.3 is 4.57 Å². The van der Waals surface area contributed by atoms with E-state index in [1.807, 2.05) is 15.9 Å². The monoisotopic (exact) mass is 1060 g/mol. The Labute approximate surface area is 459 Å². The summed E-state index contributed by atoms with van der Waals surface area (Å²) in [6, 6.07) is 13.8. The van der Waals surface area contributed by atoms with E-state index in [1.165, 1.54) is 253 Å². The van der Waals surface area contributed by atoms with Gasteiger partial charge in [-0.15, -0.1) is 11.3 Å². The molecule has 0 bridgehead atoms. The molecule has 0 aliphatic carbocycles. The molecule has 0 N–H and O–H groups in total. The molecule has 0 aliphatic heterocycles. The number of hydrogen-bond donors (Lipinski definition) is 0. The molecule has 8 aromatic rings. The van der Waals surface area contributed by atoms with E-state index in [0.717, 1.165) is 55.6 Å². The zero-order valence-corrected chi connectivity index (χ0v) is 49.3. The highest BCUT2D eigenvalue weighted by molar-refractivity contribution is 7.72. The summed E-state index contributed by atoms with van der Waals surface area (Å²) in [7, 11) is 0. The molecule has 0 fully saturated rings. The van der Waals surface area contributed by atoms with E-state index in [-0.39, 0.29) is 5.56 Å². The van der Waals surface area contributed by atoms with Gasteiger partial charge in [0.25, 0.3) is 5.56 Å². The maximum atomic E-state index is 15.0. The van der Waals surface area contributed by atoms with Gasteiger partial charge in [0, 0.05) is 76.4 Å². The van der Waals surface area contributed by atoms with E-state index in [0.29, 0.717) is 23.0 Å². The van der Waals surface area contributed by atoms with Gasteiger partial charge in [-0.1, -0.05) is 294 Å². The minimum atomic E-state index is 0.0867. The lowest BCUT2D eigenvalue weighted by molar-refractivity contribution is 0.359. The Morgan fingerprint density at radius 3 is 1.08 bits per heavy atom. The Morgan fingerprint density at radius 1 is 0.356 bits per heavy atom. The van der Waals surface area contributed by atoms with Crippen LogP contribution in [0.15, 0.2) is 41.2 Å². The molecule has 3 nitrogen and oxygen atoms in total. The normalized spacial score (nSPS) is 13.4. The fourth-order valence-corrected chi connectivity index (χ4v) is 15.5. The van der Waals surface area contributed by atoms with Crippen molar-refractivity contribution >= 4 is 122 Å². The van der Waals surface area contributed by atoms with Crippen LogP contribution in [0.5, 0.6) is 0 Å². The molecule has 7 heteroatoms. The highest BCUT2D eigenvalue weighted by Crippen LogP contribution is 2.52. The average Bonchev–Trinajstić information content (AvgIpc) is 3.78. The van der Waals surface area contributed by atoms with Crippen molar-refractivity contribution in [3.63, 3.8) is 0 Å². The van der Waals surface area contributed by atoms with Crippen LogP contribution in [0.25, 0.3) is 74.0 Å². The zero-order chi connectivity index (χ0) is 51.1. The summed E-state index contributed by atoms with van der Waals surface area (Å²) in [5, 5.41) is 13.9. The van der Waals surface area contributed by atoms with Gasteiger partial charge in [0.05, 0.1) is 0 Å².